The van der Waals surface area contributed by atoms with Gasteiger partial charge < -0.3 is 5.73 Å². The zero-order valence-corrected chi connectivity index (χ0v) is 7.20. The fourth-order valence-electron chi connectivity index (χ4n) is 1.82. The van der Waals surface area contributed by atoms with Crippen LogP contribution in [0.25, 0.3) is 0 Å². The fourth-order valence-corrected chi connectivity index (χ4v) is 1.82. The highest BCUT2D eigenvalue weighted by molar-refractivity contribution is 5.03. The molecule has 1 nitrogen and oxygen atoms in total. The number of halogens is 2. The average molecular weight is 163 g/mol. The van der Waals surface area contributed by atoms with Gasteiger partial charge in [0.15, 0.2) is 0 Å². The zero-order valence-electron chi connectivity index (χ0n) is 7.20. The normalized spacial score (nSPS) is 36.5. The van der Waals surface area contributed by atoms with Crippen LogP contribution in [0.1, 0.15) is 27.2 Å². The molecule has 1 aliphatic carbocycles. The van der Waals surface area contributed by atoms with Crippen LogP contribution < -0.4 is 5.73 Å². The predicted octanol–water partition coefficient (Wildman–Crippen LogP) is 2.02. The molecule has 1 fully saturated rings. The van der Waals surface area contributed by atoms with Crippen LogP contribution in [0.15, 0.2) is 0 Å². The summed E-state index contributed by atoms with van der Waals surface area (Å²) in [4.78, 5) is 0. The van der Waals surface area contributed by atoms with Gasteiger partial charge in [-0.2, -0.15) is 0 Å². The van der Waals surface area contributed by atoms with Gasteiger partial charge in [-0.3, -0.25) is 0 Å². The molecule has 0 amide bonds. The third-order valence-corrected chi connectivity index (χ3v) is 2.96. The van der Waals surface area contributed by atoms with Gasteiger partial charge >= 0.3 is 0 Å². The number of alkyl halides is 2. The minimum atomic E-state index is -2.57. The van der Waals surface area contributed by atoms with Crippen LogP contribution >= 0.6 is 0 Å². The van der Waals surface area contributed by atoms with Crippen LogP contribution in [0, 0.1) is 11.3 Å². The number of hydrogen-bond donors (Lipinski definition) is 1. The van der Waals surface area contributed by atoms with E-state index in [9.17, 15) is 8.78 Å². The van der Waals surface area contributed by atoms with Crippen LogP contribution in [0.4, 0.5) is 8.78 Å². The molecule has 2 atom stereocenters. The molecule has 0 saturated heterocycles. The summed E-state index contributed by atoms with van der Waals surface area (Å²) in [5.74, 6) is -3.11. The molecular weight excluding hydrogens is 148 g/mol. The first-order valence-corrected chi connectivity index (χ1v) is 3.89. The van der Waals surface area contributed by atoms with E-state index >= 15 is 0 Å². The van der Waals surface area contributed by atoms with Crippen molar-refractivity contribution in [2.75, 3.05) is 0 Å². The average Bonchev–Trinajstić information content (AvgIpc) is 1.80. The van der Waals surface area contributed by atoms with Gasteiger partial charge in [0.2, 0.25) is 5.92 Å². The van der Waals surface area contributed by atoms with Crippen molar-refractivity contribution in [1.82, 2.24) is 0 Å². The third-order valence-electron chi connectivity index (χ3n) is 2.96. The van der Waals surface area contributed by atoms with Crippen molar-refractivity contribution in [3.05, 3.63) is 0 Å². The summed E-state index contributed by atoms with van der Waals surface area (Å²) in [5, 5.41) is 0. The molecule has 2 N–H and O–H groups in total. The van der Waals surface area contributed by atoms with Gasteiger partial charge in [0.1, 0.15) is 0 Å². The van der Waals surface area contributed by atoms with Crippen LogP contribution in [0.3, 0.4) is 0 Å². The molecule has 1 aliphatic rings. The van der Waals surface area contributed by atoms with Gasteiger partial charge in [0, 0.05) is 12.0 Å². The molecule has 0 aromatic rings. The zero-order chi connectivity index (χ0) is 8.86. The summed E-state index contributed by atoms with van der Waals surface area (Å²) in [6.45, 7) is 4.60. The molecule has 0 spiro atoms. The van der Waals surface area contributed by atoms with Crippen LogP contribution in [-0.2, 0) is 0 Å². The number of nitrogens with two attached hydrogens (primary N) is 1. The second kappa shape index (κ2) is 2.16. The van der Waals surface area contributed by atoms with Gasteiger partial charge in [-0.1, -0.05) is 13.8 Å². The second-order valence-electron chi connectivity index (χ2n) is 4.17. The van der Waals surface area contributed by atoms with Gasteiger partial charge in [0.05, 0.1) is 0 Å². The Morgan fingerprint density at radius 3 is 2.00 bits per heavy atom. The molecule has 0 bridgehead atoms. The molecule has 0 unspecified atom stereocenters. The van der Waals surface area contributed by atoms with Crippen molar-refractivity contribution < 1.29 is 8.78 Å². The van der Waals surface area contributed by atoms with E-state index in [2.05, 4.69) is 0 Å². The summed E-state index contributed by atoms with van der Waals surface area (Å²) in [6, 6.07) is -0.0571. The first-order chi connectivity index (χ1) is 4.76. The predicted molar refractivity (Wildman–Crippen MR) is 40.5 cm³/mol. The highest BCUT2D eigenvalue weighted by atomic mass is 19.3. The van der Waals surface area contributed by atoms with E-state index in [0.29, 0.717) is 6.42 Å². The highest BCUT2D eigenvalue weighted by Crippen LogP contribution is 2.52. The molecule has 1 rings (SSSR count). The Kier molecular flexibility index (Phi) is 1.75. The van der Waals surface area contributed by atoms with E-state index in [1.54, 1.807) is 0 Å². The molecule has 11 heavy (non-hydrogen) atoms. The van der Waals surface area contributed by atoms with Crippen molar-refractivity contribution in [2.24, 2.45) is 17.1 Å². The van der Waals surface area contributed by atoms with Gasteiger partial charge in [-0.05, 0) is 18.8 Å². The van der Waals surface area contributed by atoms with E-state index in [1.165, 1.54) is 0 Å². The highest BCUT2D eigenvalue weighted by Gasteiger charge is 2.55. The third kappa shape index (κ3) is 1.26. The monoisotopic (exact) mass is 163 g/mol. The van der Waals surface area contributed by atoms with E-state index in [-0.39, 0.29) is 6.04 Å². The summed E-state index contributed by atoms with van der Waals surface area (Å²) in [5.41, 5.74) is 5.22. The summed E-state index contributed by atoms with van der Waals surface area (Å²) in [6.07, 6.45) is 0.455. The van der Waals surface area contributed by atoms with Crippen molar-refractivity contribution in [3.8, 4) is 0 Å². The van der Waals surface area contributed by atoms with E-state index in [0.717, 1.165) is 6.92 Å². The Balaban J connectivity index is 2.67. The van der Waals surface area contributed by atoms with Crippen molar-refractivity contribution in [2.45, 2.75) is 39.2 Å². The van der Waals surface area contributed by atoms with Gasteiger partial charge in [-0.25, -0.2) is 8.78 Å². The molecule has 1 saturated carbocycles. The topological polar surface area (TPSA) is 26.0 Å². The molecule has 0 aromatic heterocycles. The van der Waals surface area contributed by atoms with E-state index in [4.69, 9.17) is 5.73 Å². The SMILES string of the molecule is CC(F)(F)[C@@H]1C[C@H](N)C1(C)C. The lowest BCUT2D eigenvalue weighted by molar-refractivity contribution is -0.146. The quantitative estimate of drug-likeness (QED) is 0.628. The number of hydrogen-bond acceptors (Lipinski definition) is 1. The lowest BCUT2D eigenvalue weighted by Crippen LogP contribution is -2.59. The second-order valence-corrected chi connectivity index (χ2v) is 4.17. The fraction of sp³-hybridized carbons (Fsp3) is 1.00. The lowest BCUT2D eigenvalue weighted by atomic mass is 9.57. The molecule has 0 heterocycles. The Bertz CT molecular complexity index is 160. The molecule has 0 aromatic carbocycles. The lowest BCUT2D eigenvalue weighted by Gasteiger charge is -2.52. The molecule has 3 heteroatoms. The van der Waals surface area contributed by atoms with Crippen molar-refractivity contribution in [1.29, 1.82) is 0 Å². The maximum atomic E-state index is 12.8. The maximum absolute atomic E-state index is 12.8. The minimum Gasteiger partial charge on any atom is -0.327 e. The van der Waals surface area contributed by atoms with E-state index in [1.807, 2.05) is 13.8 Å². The van der Waals surface area contributed by atoms with Crippen molar-refractivity contribution in [3.63, 3.8) is 0 Å². The minimum absolute atomic E-state index is 0.0571. The van der Waals surface area contributed by atoms with Crippen molar-refractivity contribution >= 4 is 0 Å². The smallest absolute Gasteiger partial charge is 0.248 e. The molecular formula is C8H15F2N. The molecule has 0 radical (unpaired) electrons. The summed E-state index contributed by atoms with van der Waals surface area (Å²) in [7, 11) is 0. The van der Waals surface area contributed by atoms with Crippen LogP contribution in [0.2, 0.25) is 0 Å². The van der Waals surface area contributed by atoms with Crippen LogP contribution in [-0.4, -0.2) is 12.0 Å². The van der Waals surface area contributed by atoms with Gasteiger partial charge in [0.25, 0.3) is 0 Å². The number of rotatable bonds is 1. The molecule has 0 aliphatic heterocycles. The largest absolute Gasteiger partial charge is 0.327 e. The Labute approximate surface area is 66.0 Å². The van der Waals surface area contributed by atoms with Gasteiger partial charge in [-0.15, -0.1) is 0 Å². The first-order valence-electron chi connectivity index (χ1n) is 3.89. The summed E-state index contributed by atoms with van der Waals surface area (Å²) >= 11 is 0. The Hall–Kier alpha value is -0.180. The molecule has 66 valence electrons. The van der Waals surface area contributed by atoms with Crippen LogP contribution in [0.5, 0.6) is 0 Å². The summed E-state index contributed by atoms with van der Waals surface area (Å²) < 4.78 is 25.6. The Morgan fingerprint density at radius 2 is 1.91 bits per heavy atom. The standard InChI is InChI=1S/C8H15F2N/c1-7(2)5(4-6(7)11)8(3,9)10/h5-6H,4,11H2,1-3H3/t5-,6+/m1/s1. The first kappa shape index (κ1) is 8.91. The Morgan fingerprint density at radius 1 is 1.45 bits per heavy atom. The van der Waals surface area contributed by atoms with E-state index < -0.39 is 17.3 Å². The maximum Gasteiger partial charge on any atom is 0.248 e.